The minimum Gasteiger partial charge on any atom is -0.477 e. The van der Waals surface area contributed by atoms with E-state index in [1.54, 1.807) is 11.3 Å². The van der Waals surface area contributed by atoms with E-state index >= 15 is 0 Å². The third-order valence-corrected chi connectivity index (χ3v) is 3.34. The molecular formula is C12H9N5O2S. The van der Waals surface area contributed by atoms with Crippen molar-refractivity contribution in [1.82, 2.24) is 24.6 Å². The van der Waals surface area contributed by atoms with Gasteiger partial charge >= 0.3 is 5.97 Å². The van der Waals surface area contributed by atoms with E-state index in [4.69, 9.17) is 5.11 Å². The van der Waals surface area contributed by atoms with Crippen molar-refractivity contribution in [2.24, 2.45) is 0 Å². The van der Waals surface area contributed by atoms with Gasteiger partial charge in [0.1, 0.15) is 0 Å². The average molecular weight is 287 g/mol. The lowest BCUT2D eigenvalue weighted by Gasteiger charge is -2.01. The van der Waals surface area contributed by atoms with Gasteiger partial charge in [-0.2, -0.15) is 0 Å². The molecule has 0 aliphatic heterocycles. The van der Waals surface area contributed by atoms with E-state index in [9.17, 15) is 4.79 Å². The Bertz CT molecular complexity index is 801. The topological polar surface area (TPSA) is 93.3 Å². The highest BCUT2D eigenvalue weighted by Gasteiger charge is 2.13. The van der Waals surface area contributed by atoms with Crippen LogP contribution in [0, 0.1) is 6.92 Å². The summed E-state index contributed by atoms with van der Waals surface area (Å²) in [5, 5.41) is 18.0. The van der Waals surface area contributed by atoms with E-state index in [0.717, 1.165) is 0 Å². The Balaban J connectivity index is 2.00. The van der Waals surface area contributed by atoms with E-state index in [-0.39, 0.29) is 5.69 Å². The predicted octanol–water partition coefficient (Wildman–Crippen LogP) is 1.68. The minimum atomic E-state index is -1.08. The van der Waals surface area contributed by atoms with Crippen molar-refractivity contribution in [2.45, 2.75) is 17.2 Å². The molecule has 0 spiro atoms. The van der Waals surface area contributed by atoms with Crippen LogP contribution >= 0.6 is 11.8 Å². The summed E-state index contributed by atoms with van der Waals surface area (Å²) in [5.74, 6) is -1.08. The molecule has 0 aliphatic carbocycles. The van der Waals surface area contributed by atoms with Crippen molar-refractivity contribution in [3.63, 3.8) is 0 Å². The average Bonchev–Trinajstić information content (AvgIpc) is 2.82. The molecular weight excluding hydrogens is 278 g/mol. The summed E-state index contributed by atoms with van der Waals surface area (Å²) in [6.45, 7) is 1.72. The molecule has 0 bridgehead atoms. The minimum absolute atomic E-state index is 0.0335. The van der Waals surface area contributed by atoms with Gasteiger partial charge in [-0.25, -0.2) is 14.8 Å². The maximum Gasteiger partial charge on any atom is 0.354 e. The number of carbonyl (C=O) groups is 1. The van der Waals surface area contributed by atoms with E-state index in [0.29, 0.717) is 21.7 Å². The largest absolute Gasteiger partial charge is 0.477 e. The van der Waals surface area contributed by atoms with Crippen LogP contribution in [-0.2, 0) is 0 Å². The first-order valence-corrected chi connectivity index (χ1v) is 6.52. The number of pyridine rings is 1. The first kappa shape index (κ1) is 12.5. The number of carboxylic acids is 1. The Morgan fingerprint density at radius 3 is 2.95 bits per heavy atom. The first-order valence-electron chi connectivity index (χ1n) is 5.70. The van der Waals surface area contributed by atoms with Crippen LogP contribution in [0.3, 0.4) is 0 Å². The molecule has 0 radical (unpaired) electrons. The molecule has 8 heteroatoms. The first-order chi connectivity index (χ1) is 9.63. The molecule has 0 aliphatic rings. The van der Waals surface area contributed by atoms with Crippen molar-refractivity contribution in [3.8, 4) is 0 Å². The van der Waals surface area contributed by atoms with Gasteiger partial charge < -0.3 is 5.11 Å². The fourth-order valence-corrected chi connectivity index (χ4v) is 2.50. The number of carboxylic acid groups (broad SMARTS) is 1. The number of hydrogen-bond donors (Lipinski definition) is 1. The Hall–Kier alpha value is -2.48. The van der Waals surface area contributed by atoms with Gasteiger partial charge in [0.05, 0.1) is 0 Å². The third-order valence-electron chi connectivity index (χ3n) is 2.52. The highest BCUT2D eigenvalue weighted by Crippen LogP contribution is 2.23. The summed E-state index contributed by atoms with van der Waals surface area (Å²) in [6.07, 6.45) is 1.82. The lowest BCUT2D eigenvalue weighted by molar-refractivity contribution is 0.0689. The van der Waals surface area contributed by atoms with Gasteiger partial charge in [0.2, 0.25) is 5.16 Å². The zero-order chi connectivity index (χ0) is 14.1. The Morgan fingerprint density at radius 1 is 1.30 bits per heavy atom. The van der Waals surface area contributed by atoms with E-state index in [2.05, 4.69) is 20.2 Å². The fraction of sp³-hybridized carbons (Fsp3) is 0.0833. The van der Waals surface area contributed by atoms with Gasteiger partial charge in [-0.3, -0.25) is 4.40 Å². The second-order valence-corrected chi connectivity index (χ2v) is 4.93. The smallest absolute Gasteiger partial charge is 0.354 e. The van der Waals surface area contributed by atoms with Crippen LogP contribution in [-0.4, -0.2) is 35.6 Å². The van der Waals surface area contributed by atoms with Gasteiger partial charge in [-0.15, -0.1) is 10.2 Å². The van der Waals surface area contributed by atoms with Crippen molar-refractivity contribution in [3.05, 3.63) is 41.9 Å². The van der Waals surface area contributed by atoms with Gasteiger partial charge in [0.25, 0.3) is 0 Å². The molecule has 0 amide bonds. The van der Waals surface area contributed by atoms with Crippen LogP contribution in [0.1, 0.15) is 16.2 Å². The molecule has 0 unspecified atom stereocenters. The lowest BCUT2D eigenvalue weighted by atomic mass is 10.3. The molecule has 3 aromatic rings. The van der Waals surface area contributed by atoms with Crippen LogP contribution in [0.5, 0.6) is 0 Å². The molecule has 3 heterocycles. The summed E-state index contributed by atoms with van der Waals surface area (Å²) in [7, 11) is 0. The highest BCUT2D eigenvalue weighted by molar-refractivity contribution is 7.99. The molecule has 0 atom stereocenters. The van der Waals surface area contributed by atoms with Crippen molar-refractivity contribution in [2.75, 3.05) is 0 Å². The van der Waals surface area contributed by atoms with Crippen LogP contribution in [0.25, 0.3) is 5.65 Å². The quantitative estimate of drug-likeness (QED) is 0.732. The Kier molecular flexibility index (Phi) is 3.07. The number of aryl methyl sites for hydroxylation is 1. The Morgan fingerprint density at radius 2 is 2.15 bits per heavy atom. The Labute approximate surface area is 117 Å². The summed E-state index contributed by atoms with van der Waals surface area (Å²) in [6, 6.07) is 6.98. The fourth-order valence-electron chi connectivity index (χ4n) is 1.67. The molecule has 100 valence electrons. The number of aromatic nitrogens is 5. The van der Waals surface area contributed by atoms with Crippen LogP contribution < -0.4 is 0 Å². The second-order valence-electron chi connectivity index (χ2n) is 4.00. The van der Waals surface area contributed by atoms with Crippen LogP contribution in [0.2, 0.25) is 0 Å². The number of aromatic carboxylic acids is 1. The van der Waals surface area contributed by atoms with Crippen molar-refractivity contribution < 1.29 is 9.90 Å². The molecule has 7 nitrogen and oxygen atoms in total. The molecule has 1 N–H and O–H groups in total. The third kappa shape index (κ3) is 2.32. The zero-order valence-electron chi connectivity index (χ0n) is 10.4. The van der Waals surface area contributed by atoms with Crippen molar-refractivity contribution in [1.29, 1.82) is 0 Å². The molecule has 0 saturated carbocycles. The lowest BCUT2D eigenvalue weighted by Crippen LogP contribution is -2.04. The van der Waals surface area contributed by atoms with Gasteiger partial charge in [-0.1, -0.05) is 6.07 Å². The number of nitrogens with zero attached hydrogens (tertiary/aromatic N) is 5. The number of rotatable bonds is 3. The molecule has 0 saturated heterocycles. The van der Waals surface area contributed by atoms with Crippen LogP contribution in [0.4, 0.5) is 0 Å². The maximum atomic E-state index is 11.0. The predicted molar refractivity (Wildman–Crippen MR) is 70.8 cm³/mol. The SMILES string of the molecule is Cc1cc(C(=O)O)nc(Sc2nnc3ccccn23)n1. The highest BCUT2D eigenvalue weighted by atomic mass is 32.2. The second kappa shape index (κ2) is 4.89. The standard InChI is InChI=1S/C12H9N5O2S/c1-7-6-8(10(18)19)14-11(13-7)20-12-16-15-9-4-2-3-5-17(9)12/h2-6H,1H3,(H,18,19). The number of fused-ring (bicyclic) bond motifs is 1. The summed E-state index contributed by atoms with van der Waals surface area (Å²) >= 11 is 1.17. The van der Waals surface area contributed by atoms with Gasteiger partial charge in [0, 0.05) is 11.9 Å². The van der Waals surface area contributed by atoms with Crippen LogP contribution in [0.15, 0.2) is 40.8 Å². The summed E-state index contributed by atoms with van der Waals surface area (Å²) < 4.78 is 1.79. The molecule has 3 rings (SSSR count). The zero-order valence-corrected chi connectivity index (χ0v) is 11.2. The molecule has 3 aromatic heterocycles. The molecule has 0 fully saturated rings. The van der Waals surface area contributed by atoms with E-state index in [1.165, 1.54) is 17.8 Å². The number of hydrogen-bond acceptors (Lipinski definition) is 6. The summed E-state index contributed by atoms with van der Waals surface area (Å²) in [5.41, 5.74) is 1.27. The summed E-state index contributed by atoms with van der Waals surface area (Å²) in [4.78, 5) is 19.2. The van der Waals surface area contributed by atoms with Crippen molar-refractivity contribution >= 4 is 23.4 Å². The normalized spacial score (nSPS) is 10.8. The van der Waals surface area contributed by atoms with E-state index < -0.39 is 5.97 Å². The van der Waals surface area contributed by atoms with Gasteiger partial charge in [0.15, 0.2) is 16.5 Å². The molecule has 0 aromatic carbocycles. The molecule has 20 heavy (non-hydrogen) atoms. The monoisotopic (exact) mass is 287 g/mol. The maximum absolute atomic E-state index is 11.0. The van der Waals surface area contributed by atoms with Gasteiger partial charge in [-0.05, 0) is 36.9 Å². The van der Waals surface area contributed by atoms with E-state index in [1.807, 2.05) is 24.4 Å².